The maximum atomic E-state index is 13.4. The molecule has 0 heterocycles. The zero-order chi connectivity index (χ0) is 24.0. The summed E-state index contributed by atoms with van der Waals surface area (Å²) in [6.07, 6.45) is 0. The number of methoxy groups -OCH3 is 2. The van der Waals surface area contributed by atoms with Crippen molar-refractivity contribution in [2.24, 2.45) is 0 Å². The SMILES string of the molecule is COc1ccc(OC)c(NC(=O)CN(c2ccc(N(O)O)cc2)S(=O)(=O)c2ccccc2)c1. The molecule has 0 aromatic heterocycles. The van der Waals surface area contributed by atoms with Gasteiger partial charge >= 0.3 is 0 Å². The summed E-state index contributed by atoms with van der Waals surface area (Å²) < 4.78 is 38.1. The van der Waals surface area contributed by atoms with Crippen LogP contribution in [0.5, 0.6) is 11.5 Å². The van der Waals surface area contributed by atoms with Gasteiger partial charge in [0.2, 0.25) is 5.91 Å². The van der Waals surface area contributed by atoms with Gasteiger partial charge in [-0.3, -0.25) is 19.5 Å². The molecule has 0 radical (unpaired) electrons. The zero-order valence-electron chi connectivity index (χ0n) is 17.9. The fraction of sp³-hybridized carbons (Fsp3) is 0.136. The van der Waals surface area contributed by atoms with E-state index in [1.54, 1.807) is 36.4 Å². The van der Waals surface area contributed by atoms with E-state index in [1.807, 2.05) is 0 Å². The van der Waals surface area contributed by atoms with E-state index in [9.17, 15) is 13.2 Å². The first-order valence-electron chi connectivity index (χ1n) is 9.64. The highest BCUT2D eigenvalue weighted by Gasteiger charge is 2.27. The number of amides is 1. The molecule has 0 bridgehead atoms. The second-order valence-corrected chi connectivity index (χ2v) is 8.61. The third-order valence-corrected chi connectivity index (χ3v) is 6.46. The molecule has 0 aliphatic heterocycles. The van der Waals surface area contributed by atoms with Crippen LogP contribution in [0.3, 0.4) is 0 Å². The second kappa shape index (κ2) is 10.2. The van der Waals surface area contributed by atoms with Gasteiger partial charge in [0.05, 0.1) is 36.2 Å². The molecule has 3 N–H and O–H groups in total. The second-order valence-electron chi connectivity index (χ2n) is 6.74. The summed E-state index contributed by atoms with van der Waals surface area (Å²) in [5.74, 6) is 0.223. The molecule has 0 saturated heterocycles. The first-order valence-corrected chi connectivity index (χ1v) is 11.1. The van der Waals surface area contributed by atoms with Crippen molar-refractivity contribution in [2.45, 2.75) is 4.90 Å². The minimum absolute atomic E-state index is 0.00761. The van der Waals surface area contributed by atoms with Gasteiger partial charge in [0, 0.05) is 6.07 Å². The van der Waals surface area contributed by atoms with Gasteiger partial charge in [-0.25, -0.2) is 8.42 Å². The van der Waals surface area contributed by atoms with E-state index < -0.39 is 22.5 Å². The van der Waals surface area contributed by atoms with Crippen LogP contribution in [-0.2, 0) is 14.8 Å². The fourth-order valence-electron chi connectivity index (χ4n) is 3.02. The highest BCUT2D eigenvalue weighted by Crippen LogP contribution is 2.30. The standard InChI is InChI=1S/C22H23N3O7S/c1-31-18-12-13-21(32-2)20(14-18)23-22(26)15-24(16-8-10-17(11-9-16)25(27)28)33(29,30)19-6-4-3-5-7-19/h3-14,27-28H,15H2,1-2H3,(H,23,26). The van der Waals surface area contributed by atoms with E-state index in [0.29, 0.717) is 17.2 Å². The van der Waals surface area contributed by atoms with E-state index in [0.717, 1.165) is 4.31 Å². The van der Waals surface area contributed by atoms with Gasteiger partial charge in [-0.2, -0.15) is 0 Å². The van der Waals surface area contributed by atoms with Gasteiger partial charge in [0.25, 0.3) is 10.0 Å². The van der Waals surface area contributed by atoms with Crippen molar-refractivity contribution in [3.63, 3.8) is 0 Å². The van der Waals surface area contributed by atoms with Crippen molar-refractivity contribution in [1.29, 1.82) is 0 Å². The first-order chi connectivity index (χ1) is 15.8. The predicted molar refractivity (Wildman–Crippen MR) is 122 cm³/mol. The molecule has 0 saturated carbocycles. The lowest BCUT2D eigenvalue weighted by molar-refractivity contribution is -0.114. The third-order valence-electron chi connectivity index (χ3n) is 4.67. The molecule has 0 aliphatic rings. The van der Waals surface area contributed by atoms with Gasteiger partial charge < -0.3 is 14.8 Å². The largest absolute Gasteiger partial charge is 0.497 e. The molecule has 10 nitrogen and oxygen atoms in total. The quantitative estimate of drug-likeness (QED) is 0.405. The Labute approximate surface area is 191 Å². The molecule has 3 aromatic carbocycles. The number of anilines is 3. The maximum absolute atomic E-state index is 13.4. The number of hydrogen-bond acceptors (Lipinski definition) is 8. The van der Waals surface area contributed by atoms with Gasteiger partial charge in [-0.15, -0.1) is 5.23 Å². The highest BCUT2D eigenvalue weighted by molar-refractivity contribution is 7.92. The number of rotatable bonds is 9. The summed E-state index contributed by atoms with van der Waals surface area (Å²) in [6, 6.07) is 17.8. The Balaban J connectivity index is 1.96. The molecule has 11 heteroatoms. The molecule has 1 amide bonds. The maximum Gasteiger partial charge on any atom is 0.264 e. The summed E-state index contributed by atoms with van der Waals surface area (Å²) in [4.78, 5) is 12.9. The highest BCUT2D eigenvalue weighted by atomic mass is 32.2. The van der Waals surface area contributed by atoms with Gasteiger partial charge in [-0.05, 0) is 48.5 Å². The number of benzene rings is 3. The lowest BCUT2D eigenvalue weighted by atomic mass is 10.2. The van der Waals surface area contributed by atoms with Crippen molar-refractivity contribution >= 4 is 33.0 Å². The monoisotopic (exact) mass is 473 g/mol. The smallest absolute Gasteiger partial charge is 0.264 e. The number of ether oxygens (including phenoxy) is 2. The Morgan fingerprint density at radius 1 is 0.909 bits per heavy atom. The van der Waals surface area contributed by atoms with Crippen LogP contribution >= 0.6 is 0 Å². The minimum Gasteiger partial charge on any atom is -0.497 e. The van der Waals surface area contributed by atoms with Crippen molar-refractivity contribution in [3.05, 3.63) is 72.8 Å². The van der Waals surface area contributed by atoms with Crippen molar-refractivity contribution in [2.75, 3.05) is 35.6 Å². The fourth-order valence-corrected chi connectivity index (χ4v) is 4.46. The number of nitrogens with one attached hydrogen (secondary N) is 1. The molecule has 0 fully saturated rings. The molecule has 0 spiro atoms. The number of hydrogen-bond donors (Lipinski definition) is 3. The number of carbonyl (C=O) groups is 1. The molecular weight excluding hydrogens is 450 g/mol. The lowest BCUT2D eigenvalue weighted by Crippen LogP contribution is -2.38. The number of nitrogens with zero attached hydrogens (tertiary/aromatic N) is 2. The Morgan fingerprint density at radius 2 is 1.55 bits per heavy atom. The topological polar surface area (TPSA) is 129 Å². The zero-order valence-corrected chi connectivity index (χ0v) is 18.7. The predicted octanol–water partition coefficient (Wildman–Crippen LogP) is 3.12. The number of sulfonamides is 1. The van der Waals surface area contributed by atoms with E-state index in [4.69, 9.17) is 19.9 Å². The van der Waals surface area contributed by atoms with Crippen LogP contribution in [0.25, 0.3) is 0 Å². The third kappa shape index (κ3) is 5.52. The van der Waals surface area contributed by atoms with Crippen LogP contribution in [0, 0.1) is 0 Å². The van der Waals surface area contributed by atoms with Crippen LogP contribution < -0.4 is 24.3 Å². The van der Waals surface area contributed by atoms with E-state index >= 15 is 0 Å². The van der Waals surface area contributed by atoms with Crippen LogP contribution in [0.15, 0.2) is 77.7 Å². The minimum atomic E-state index is -4.13. The summed E-state index contributed by atoms with van der Waals surface area (Å²) >= 11 is 0. The van der Waals surface area contributed by atoms with Crippen molar-refractivity contribution in [3.8, 4) is 11.5 Å². The molecule has 174 valence electrons. The molecule has 33 heavy (non-hydrogen) atoms. The van der Waals surface area contributed by atoms with Crippen LogP contribution in [0.1, 0.15) is 0 Å². The number of carbonyl (C=O) groups excluding carboxylic acids is 1. The van der Waals surface area contributed by atoms with E-state index in [-0.39, 0.29) is 21.5 Å². The molecule has 0 unspecified atom stereocenters. The molecule has 3 rings (SSSR count). The Hall–Kier alpha value is -3.80. The normalized spacial score (nSPS) is 10.9. The lowest BCUT2D eigenvalue weighted by Gasteiger charge is -2.24. The van der Waals surface area contributed by atoms with E-state index in [2.05, 4.69) is 5.32 Å². The van der Waals surface area contributed by atoms with Crippen LogP contribution in [0.2, 0.25) is 0 Å². The molecular formula is C22H23N3O7S. The average Bonchev–Trinajstić information content (AvgIpc) is 2.83. The van der Waals surface area contributed by atoms with Crippen LogP contribution in [-0.4, -0.2) is 45.5 Å². The average molecular weight is 474 g/mol. The summed E-state index contributed by atoms with van der Waals surface area (Å²) in [5, 5.41) is 20.9. The molecule has 0 atom stereocenters. The van der Waals surface area contributed by atoms with Crippen molar-refractivity contribution in [1.82, 2.24) is 0 Å². The van der Waals surface area contributed by atoms with Crippen LogP contribution in [0.4, 0.5) is 17.1 Å². The molecule has 3 aromatic rings. The Kier molecular flexibility index (Phi) is 7.38. The summed E-state index contributed by atoms with van der Waals surface area (Å²) in [7, 11) is -1.21. The summed E-state index contributed by atoms with van der Waals surface area (Å²) in [5.41, 5.74) is 0.476. The Bertz CT molecular complexity index is 1200. The van der Waals surface area contributed by atoms with E-state index in [1.165, 1.54) is 50.6 Å². The van der Waals surface area contributed by atoms with Crippen molar-refractivity contribution < 1.29 is 33.1 Å². The molecule has 0 aliphatic carbocycles. The first kappa shape index (κ1) is 23.9. The van der Waals surface area contributed by atoms with Gasteiger partial charge in [-0.1, -0.05) is 18.2 Å². The summed E-state index contributed by atoms with van der Waals surface area (Å²) in [6.45, 7) is -0.557. The van der Waals surface area contributed by atoms with Gasteiger partial charge in [0.15, 0.2) is 0 Å². The van der Waals surface area contributed by atoms with Gasteiger partial charge in [0.1, 0.15) is 18.0 Å². The Morgan fingerprint density at radius 3 is 2.12 bits per heavy atom.